The van der Waals surface area contributed by atoms with Crippen molar-refractivity contribution >= 4 is 17.3 Å². The molecule has 1 aromatic carbocycles. The normalized spacial score (nSPS) is 25.3. The van der Waals surface area contributed by atoms with Crippen LogP contribution < -0.4 is 5.01 Å². The molecule has 1 saturated heterocycles. The van der Waals surface area contributed by atoms with E-state index in [0.29, 0.717) is 13.1 Å². The summed E-state index contributed by atoms with van der Waals surface area (Å²) in [5.74, 6) is 0.0784. The van der Waals surface area contributed by atoms with Gasteiger partial charge >= 0.3 is 0 Å². The second kappa shape index (κ2) is 6.08. The van der Waals surface area contributed by atoms with Crippen LogP contribution in [0, 0.1) is 0 Å². The molecule has 0 radical (unpaired) electrons. The van der Waals surface area contributed by atoms with Gasteiger partial charge in [-0.1, -0.05) is 0 Å². The van der Waals surface area contributed by atoms with E-state index in [2.05, 4.69) is 5.10 Å². The van der Waals surface area contributed by atoms with Crippen molar-refractivity contribution in [2.75, 3.05) is 24.6 Å². The zero-order valence-electron chi connectivity index (χ0n) is 13.5. The second-order valence-corrected chi connectivity index (χ2v) is 6.22. The number of carbonyl (C=O) groups excluding carboxylic acids is 1. The molecular formula is C17H23N3O2. The maximum absolute atomic E-state index is 12.6. The molecule has 0 bridgehead atoms. The summed E-state index contributed by atoms with van der Waals surface area (Å²) in [6, 6.07) is 7.74. The Morgan fingerprint density at radius 2 is 1.82 bits per heavy atom. The maximum atomic E-state index is 12.6. The Balaban J connectivity index is 1.71. The lowest BCUT2D eigenvalue weighted by Crippen LogP contribution is -2.48. The van der Waals surface area contributed by atoms with E-state index >= 15 is 0 Å². The lowest BCUT2D eigenvalue weighted by molar-refractivity contribution is -0.0586. The molecule has 1 aromatic rings. The Morgan fingerprint density at radius 1 is 1.18 bits per heavy atom. The number of ether oxygens (including phenoxy) is 1. The SMILES string of the molecule is CC1=NN(c2ccc(C(=O)N3C[C@@H](C)O[C@@H](C)C3)cc2)CC1. The fraction of sp³-hybridized carbons (Fsp3) is 0.529. The van der Waals surface area contributed by atoms with E-state index in [-0.39, 0.29) is 18.1 Å². The highest BCUT2D eigenvalue weighted by molar-refractivity contribution is 5.94. The van der Waals surface area contributed by atoms with Crippen LogP contribution in [0.4, 0.5) is 5.69 Å². The largest absolute Gasteiger partial charge is 0.372 e. The summed E-state index contributed by atoms with van der Waals surface area (Å²) >= 11 is 0. The molecule has 2 atom stereocenters. The van der Waals surface area contributed by atoms with Crippen LogP contribution in [0.3, 0.4) is 0 Å². The predicted octanol–water partition coefficient (Wildman–Crippen LogP) is 2.52. The number of anilines is 1. The molecule has 0 N–H and O–H groups in total. The minimum absolute atomic E-state index is 0.0784. The Hall–Kier alpha value is -1.88. The Bertz CT molecular complexity index is 572. The zero-order valence-corrected chi connectivity index (χ0v) is 13.5. The molecule has 22 heavy (non-hydrogen) atoms. The number of hydrazone groups is 1. The molecule has 2 aliphatic rings. The molecule has 5 heteroatoms. The molecule has 3 rings (SSSR count). The van der Waals surface area contributed by atoms with Crippen molar-refractivity contribution < 1.29 is 9.53 Å². The molecule has 0 unspecified atom stereocenters. The van der Waals surface area contributed by atoms with Crippen molar-refractivity contribution in [2.45, 2.75) is 39.4 Å². The van der Waals surface area contributed by atoms with Gasteiger partial charge in [0, 0.05) is 37.3 Å². The highest BCUT2D eigenvalue weighted by Gasteiger charge is 2.26. The summed E-state index contributed by atoms with van der Waals surface area (Å²) in [6.07, 6.45) is 1.19. The molecule has 118 valence electrons. The van der Waals surface area contributed by atoms with E-state index in [0.717, 1.165) is 29.9 Å². The Morgan fingerprint density at radius 3 is 2.36 bits per heavy atom. The van der Waals surface area contributed by atoms with Crippen molar-refractivity contribution in [3.05, 3.63) is 29.8 Å². The zero-order chi connectivity index (χ0) is 15.7. The number of carbonyl (C=O) groups is 1. The summed E-state index contributed by atoms with van der Waals surface area (Å²) in [6.45, 7) is 8.27. The smallest absolute Gasteiger partial charge is 0.254 e. The molecule has 0 saturated carbocycles. The van der Waals surface area contributed by atoms with Gasteiger partial charge in [0.2, 0.25) is 0 Å². The number of amides is 1. The van der Waals surface area contributed by atoms with Crippen LogP contribution in [0.15, 0.2) is 29.4 Å². The monoisotopic (exact) mass is 301 g/mol. The van der Waals surface area contributed by atoms with Gasteiger partial charge in [-0.3, -0.25) is 9.80 Å². The van der Waals surface area contributed by atoms with Crippen molar-refractivity contribution in [3.63, 3.8) is 0 Å². The third kappa shape index (κ3) is 3.14. The van der Waals surface area contributed by atoms with Gasteiger partial charge in [-0.15, -0.1) is 0 Å². The minimum Gasteiger partial charge on any atom is -0.372 e. The number of hydrogen-bond donors (Lipinski definition) is 0. The van der Waals surface area contributed by atoms with E-state index in [9.17, 15) is 4.79 Å². The maximum Gasteiger partial charge on any atom is 0.254 e. The van der Waals surface area contributed by atoms with E-state index in [1.54, 1.807) is 0 Å². The molecule has 1 fully saturated rings. The minimum atomic E-state index is 0.0784. The first-order chi connectivity index (χ1) is 10.5. The predicted molar refractivity (Wildman–Crippen MR) is 87.4 cm³/mol. The molecule has 5 nitrogen and oxygen atoms in total. The Kier molecular flexibility index (Phi) is 4.16. The van der Waals surface area contributed by atoms with Crippen molar-refractivity contribution in [2.24, 2.45) is 5.10 Å². The molecule has 2 aliphatic heterocycles. The fourth-order valence-corrected chi connectivity index (χ4v) is 3.06. The summed E-state index contributed by atoms with van der Waals surface area (Å²) in [5.41, 5.74) is 2.92. The van der Waals surface area contributed by atoms with Gasteiger partial charge < -0.3 is 9.64 Å². The molecule has 1 amide bonds. The van der Waals surface area contributed by atoms with E-state index in [1.165, 1.54) is 0 Å². The van der Waals surface area contributed by atoms with Gasteiger partial charge in [-0.05, 0) is 45.0 Å². The van der Waals surface area contributed by atoms with Crippen LogP contribution in [0.1, 0.15) is 37.6 Å². The van der Waals surface area contributed by atoms with E-state index in [4.69, 9.17) is 4.74 Å². The first-order valence-electron chi connectivity index (χ1n) is 7.89. The first-order valence-corrected chi connectivity index (χ1v) is 7.89. The topological polar surface area (TPSA) is 45.1 Å². The van der Waals surface area contributed by atoms with E-state index < -0.39 is 0 Å². The summed E-state index contributed by atoms with van der Waals surface area (Å²) in [5, 5.41) is 6.47. The number of rotatable bonds is 2. The lowest BCUT2D eigenvalue weighted by Gasteiger charge is -2.35. The van der Waals surface area contributed by atoms with Crippen molar-refractivity contribution in [1.29, 1.82) is 0 Å². The van der Waals surface area contributed by atoms with Crippen LogP contribution >= 0.6 is 0 Å². The number of morpholine rings is 1. The molecule has 0 aliphatic carbocycles. The van der Waals surface area contributed by atoms with Gasteiger partial charge in [0.25, 0.3) is 5.91 Å². The van der Waals surface area contributed by atoms with Crippen LogP contribution in [-0.2, 0) is 4.74 Å². The number of nitrogens with zero attached hydrogens (tertiary/aromatic N) is 3. The van der Waals surface area contributed by atoms with Crippen LogP contribution in [-0.4, -0.2) is 48.4 Å². The highest BCUT2D eigenvalue weighted by atomic mass is 16.5. The molecule has 0 aromatic heterocycles. The summed E-state index contributed by atoms with van der Waals surface area (Å²) in [7, 11) is 0. The van der Waals surface area contributed by atoms with Gasteiger partial charge in [-0.25, -0.2) is 0 Å². The summed E-state index contributed by atoms with van der Waals surface area (Å²) < 4.78 is 5.68. The van der Waals surface area contributed by atoms with Crippen molar-refractivity contribution in [1.82, 2.24) is 4.90 Å². The first kappa shape index (κ1) is 15.0. The van der Waals surface area contributed by atoms with Gasteiger partial charge in [0.1, 0.15) is 0 Å². The highest BCUT2D eigenvalue weighted by Crippen LogP contribution is 2.21. The van der Waals surface area contributed by atoms with Gasteiger partial charge in [-0.2, -0.15) is 5.10 Å². The fourth-order valence-electron chi connectivity index (χ4n) is 3.06. The summed E-state index contributed by atoms with van der Waals surface area (Å²) in [4.78, 5) is 14.5. The average molecular weight is 301 g/mol. The van der Waals surface area contributed by atoms with Crippen LogP contribution in [0.25, 0.3) is 0 Å². The Labute approximate surface area is 131 Å². The second-order valence-electron chi connectivity index (χ2n) is 6.22. The van der Waals surface area contributed by atoms with Crippen LogP contribution in [0.5, 0.6) is 0 Å². The van der Waals surface area contributed by atoms with Crippen LogP contribution in [0.2, 0.25) is 0 Å². The third-order valence-corrected chi connectivity index (χ3v) is 4.10. The number of hydrogen-bond acceptors (Lipinski definition) is 4. The van der Waals surface area contributed by atoms with Gasteiger partial charge in [0.05, 0.1) is 17.9 Å². The number of benzene rings is 1. The lowest BCUT2D eigenvalue weighted by atomic mass is 10.1. The standard InChI is InChI=1S/C17H23N3O2/c1-12-8-9-20(18-12)16-6-4-15(5-7-16)17(21)19-10-13(2)22-14(3)11-19/h4-7,13-14H,8-11H2,1-3H3/t13-,14+. The van der Waals surface area contributed by atoms with E-state index in [1.807, 2.05) is 54.9 Å². The average Bonchev–Trinajstić information content (AvgIpc) is 2.92. The molecule has 0 spiro atoms. The third-order valence-electron chi connectivity index (χ3n) is 4.10. The van der Waals surface area contributed by atoms with Gasteiger partial charge in [0.15, 0.2) is 0 Å². The quantitative estimate of drug-likeness (QED) is 0.843. The molecular weight excluding hydrogens is 278 g/mol. The van der Waals surface area contributed by atoms with Crippen molar-refractivity contribution in [3.8, 4) is 0 Å². The molecule has 2 heterocycles.